The lowest BCUT2D eigenvalue weighted by molar-refractivity contribution is 0.575. The van der Waals surface area contributed by atoms with Crippen LogP contribution in [-0.2, 0) is 0 Å². The fourth-order valence-electron chi connectivity index (χ4n) is 1.72. The summed E-state index contributed by atoms with van der Waals surface area (Å²) in [7, 11) is 0. The average Bonchev–Trinajstić information content (AvgIpc) is 2.60. The third-order valence-corrected chi connectivity index (χ3v) is 2.85. The molecule has 1 aromatic heterocycles. The molecule has 0 saturated carbocycles. The SMILES string of the molecule is CC(C)c1c[nH]c(=S)n1-c1ccc(F)cc1F. The third-order valence-electron chi connectivity index (χ3n) is 2.55. The highest BCUT2D eigenvalue weighted by molar-refractivity contribution is 7.71. The number of hydrogen-bond acceptors (Lipinski definition) is 1. The molecule has 0 aliphatic rings. The first-order valence-electron chi connectivity index (χ1n) is 5.26. The summed E-state index contributed by atoms with van der Waals surface area (Å²) in [4.78, 5) is 2.88. The first kappa shape index (κ1) is 12.0. The van der Waals surface area contributed by atoms with Gasteiger partial charge in [0.05, 0.1) is 5.69 Å². The fraction of sp³-hybridized carbons (Fsp3) is 0.250. The van der Waals surface area contributed by atoms with E-state index in [2.05, 4.69) is 4.98 Å². The lowest BCUT2D eigenvalue weighted by atomic mass is 10.1. The molecule has 0 aliphatic carbocycles. The summed E-state index contributed by atoms with van der Waals surface area (Å²) < 4.78 is 28.6. The van der Waals surface area contributed by atoms with Crippen LogP contribution in [0, 0.1) is 16.4 Å². The zero-order chi connectivity index (χ0) is 12.6. The zero-order valence-electron chi connectivity index (χ0n) is 9.50. The Bertz CT molecular complexity index is 599. The highest BCUT2D eigenvalue weighted by Gasteiger charge is 2.13. The van der Waals surface area contributed by atoms with Crippen molar-refractivity contribution in [2.75, 3.05) is 0 Å². The second-order valence-electron chi connectivity index (χ2n) is 4.10. The highest BCUT2D eigenvalue weighted by Crippen LogP contribution is 2.22. The van der Waals surface area contributed by atoms with E-state index in [0.29, 0.717) is 4.77 Å². The number of imidazole rings is 1. The van der Waals surface area contributed by atoms with Crippen molar-refractivity contribution in [3.63, 3.8) is 0 Å². The fourth-order valence-corrected chi connectivity index (χ4v) is 1.98. The molecule has 0 aliphatic heterocycles. The quantitative estimate of drug-likeness (QED) is 0.805. The number of aromatic nitrogens is 2. The summed E-state index contributed by atoms with van der Waals surface area (Å²) in [6.45, 7) is 3.96. The smallest absolute Gasteiger partial charge is 0.182 e. The average molecular weight is 254 g/mol. The van der Waals surface area contributed by atoms with E-state index < -0.39 is 11.6 Å². The molecule has 0 radical (unpaired) electrons. The van der Waals surface area contributed by atoms with Crippen LogP contribution >= 0.6 is 12.2 Å². The molecular formula is C12H12F2N2S. The Labute approximate surface area is 103 Å². The molecule has 0 atom stereocenters. The van der Waals surface area contributed by atoms with Gasteiger partial charge in [0.25, 0.3) is 0 Å². The minimum atomic E-state index is -0.623. The number of halogens is 2. The van der Waals surface area contributed by atoms with E-state index in [1.54, 1.807) is 10.8 Å². The molecule has 0 saturated heterocycles. The van der Waals surface area contributed by atoms with Gasteiger partial charge in [-0.05, 0) is 30.3 Å². The second kappa shape index (κ2) is 4.41. The van der Waals surface area contributed by atoms with Gasteiger partial charge in [0, 0.05) is 18.0 Å². The molecule has 2 nitrogen and oxygen atoms in total. The summed E-state index contributed by atoms with van der Waals surface area (Å²) in [5.74, 6) is -1.03. The second-order valence-corrected chi connectivity index (χ2v) is 4.49. The Morgan fingerprint density at radius 1 is 1.29 bits per heavy atom. The van der Waals surface area contributed by atoms with Crippen LogP contribution in [0.2, 0.25) is 0 Å². The van der Waals surface area contributed by atoms with Crippen molar-refractivity contribution in [2.45, 2.75) is 19.8 Å². The van der Waals surface area contributed by atoms with E-state index in [9.17, 15) is 8.78 Å². The number of nitrogens with one attached hydrogen (secondary N) is 1. The summed E-state index contributed by atoms with van der Waals surface area (Å²) >= 11 is 5.11. The molecule has 1 heterocycles. The predicted octanol–water partition coefficient (Wildman–Crippen LogP) is 3.94. The lowest BCUT2D eigenvalue weighted by Gasteiger charge is -2.11. The van der Waals surface area contributed by atoms with E-state index in [1.165, 1.54) is 12.1 Å². The molecule has 0 unspecified atom stereocenters. The summed E-state index contributed by atoms with van der Waals surface area (Å²) in [6.07, 6.45) is 1.75. The number of hydrogen-bond donors (Lipinski definition) is 1. The van der Waals surface area contributed by atoms with Crippen molar-refractivity contribution in [3.05, 3.63) is 46.5 Å². The molecule has 5 heteroatoms. The Kier molecular flexibility index (Phi) is 3.11. The number of H-pyrrole nitrogens is 1. The molecule has 0 amide bonds. The van der Waals surface area contributed by atoms with Gasteiger partial charge in [0.2, 0.25) is 0 Å². The maximum Gasteiger partial charge on any atom is 0.182 e. The van der Waals surface area contributed by atoms with Crippen LogP contribution in [0.1, 0.15) is 25.5 Å². The number of rotatable bonds is 2. The van der Waals surface area contributed by atoms with Crippen LogP contribution in [0.25, 0.3) is 5.69 Å². The van der Waals surface area contributed by atoms with E-state index in [4.69, 9.17) is 12.2 Å². The van der Waals surface area contributed by atoms with Crippen LogP contribution < -0.4 is 0 Å². The Hall–Kier alpha value is -1.49. The van der Waals surface area contributed by atoms with Crippen molar-refractivity contribution in [1.29, 1.82) is 0 Å². The van der Waals surface area contributed by atoms with Gasteiger partial charge in [0.1, 0.15) is 11.6 Å². The van der Waals surface area contributed by atoms with Gasteiger partial charge in [-0.25, -0.2) is 8.78 Å². The van der Waals surface area contributed by atoms with Gasteiger partial charge in [-0.1, -0.05) is 13.8 Å². The van der Waals surface area contributed by atoms with Crippen molar-refractivity contribution in [1.82, 2.24) is 9.55 Å². The van der Waals surface area contributed by atoms with E-state index in [1.807, 2.05) is 13.8 Å². The molecular weight excluding hydrogens is 242 g/mol. The largest absolute Gasteiger partial charge is 0.337 e. The minimum Gasteiger partial charge on any atom is -0.337 e. The van der Waals surface area contributed by atoms with Gasteiger partial charge < -0.3 is 4.98 Å². The van der Waals surface area contributed by atoms with E-state index in [0.717, 1.165) is 11.8 Å². The first-order chi connectivity index (χ1) is 8.00. The molecule has 1 N–H and O–H groups in total. The maximum atomic E-state index is 13.7. The molecule has 0 spiro atoms. The summed E-state index contributed by atoms with van der Waals surface area (Å²) in [6, 6.07) is 3.46. The Balaban J connectivity index is 2.68. The van der Waals surface area contributed by atoms with Crippen LogP contribution in [0.15, 0.2) is 24.4 Å². The molecule has 0 bridgehead atoms. The topological polar surface area (TPSA) is 20.7 Å². The normalized spacial score (nSPS) is 11.1. The minimum absolute atomic E-state index is 0.187. The number of nitrogens with zero attached hydrogens (tertiary/aromatic N) is 1. The molecule has 0 fully saturated rings. The first-order valence-corrected chi connectivity index (χ1v) is 5.67. The van der Waals surface area contributed by atoms with Crippen molar-refractivity contribution >= 4 is 12.2 Å². The molecule has 90 valence electrons. The summed E-state index contributed by atoms with van der Waals surface area (Å²) in [5.41, 5.74) is 1.13. The van der Waals surface area contributed by atoms with Gasteiger partial charge in [-0.3, -0.25) is 4.57 Å². The van der Waals surface area contributed by atoms with Gasteiger partial charge in [-0.15, -0.1) is 0 Å². The standard InChI is InChI=1S/C12H12F2N2S/c1-7(2)11-6-15-12(17)16(11)10-4-3-8(13)5-9(10)14/h3-7H,1-2H3,(H,15,17). The third kappa shape index (κ3) is 2.15. The number of aromatic amines is 1. The van der Waals surface area contributed by atoms with E-state index in [-0.39, 0.29) is 11.6 Å². The van der Waals surface area contributed by atoms with Gasteiger partial charge in [-0.2, -0.15) is 0 Å². The van der Waals surface area contributed by atoms with Crippen LogP contribution in [0.4, 0.5) is 8.78 Å². The molecule has 2 aromatic rings. The predicted molar refractivity (Wildman–Crippen MR) is 65.0 cm³/mol. The van der Waals surface area contributed by atoms with Gasteiger partial charge in [0.15, 0.2) is 4.77 Å². The Morgan fingerprint density at radius 2 is 2.00 bits per heavy atom. The van der Waals surface area contributed by atoms with Crippen molar-refractivity contribution in [2.24, 2.45) is 0 Å². The maximum absolute atomic E-state index is 13.7. The van der Waals surface area contributed by atoms with E-state index >= 15 is 0 Å². The molecule has 2 rings (SSSR count). The number of benzene rings is 1. The molecule has 17 heavy (non-hydrogen) atoms. The van der Waals surface area contributed by atoms with Crippen molar-refractivity contribution < 1.29 is 8.78 Å². The van der Waals surface area contributed by atoms with Gasteiger partial charge >= 0.3 is 0 Å². The highest BCUT2D eigenvalue weighted by atomic mass is 32.1. The van der Waals surface area contributed by atoms with Crippen LogP contribution in [0.5, 0.6) is 0 Å². The summed E-state index contributed by atoms with van der Waals surface area (Å²) in [5, 5.41) is 0. The van der Waals surface area contributed by atoms with Crippen LogP contribution in [0.3, 0.4) is 0 Å². The molecule has 1 aromatic carbocycles. The zero-order valence-corrected chi connectivity index (χ0v) is 10.3. The van der Waals surface area contributed by atoms with Crippen LogP contribution in [-0.4, -0.2) is 9.55 Å². The monoisotopic (exact) mass is 254 g/mol. The Morgan fingerprint density at radius 3 is 2.59 bits per heavy atom. The lowest BCUT2D eigenvalue weighted by Crippen LogP contribution is -2.04. The van der Waals surface area contributed by atoms with Crippen molar-refractivity contribution in [3.8, 4) is 5.69 Å².